The lowest BCUT2D eigenvalue weighted by Crippen LogP contribution is -2.40. The van der Waals surface area contributed by atoms with E-state index in [0.717, 1.165) is 64.0 Å². The molecule has 4 rings (SSSR count). The van der Waals surface area contributed by atoms with Gasteiger partial charge in [-0.1, -0.05) is 11.6 Å². The number of carboxylic acid groups (broad SMARTS) is 1. The molecule has 0 radical (unpaired) electrons. The molecule has 2 N–H and O–H groups in total. The number of halogens is 3. The summed E-state index contributed by atoms with van der Waals surface area (Å²) < 4.78 is 46.6. The van der Waals surface area contributed by atoms with Crippen molar-refractivity contribution >= 4 is 5.97 Å². The Balaban J connectivity index is 0.000000479. The molecule has 0 spiro atoms. The van der Waals surface area contributed by atoms with Gasteiger partial charge in [0.1, 0.15) is 11.7 Å². The highest BCUT2D eigenvalue weighted by Crippen LogP contribution is 2.31. The van der Waals surface area contributed by atoms with Crippen LogP contribution in [0.4, 0.5) is 13.2 Å². The van der Waals surface area contributed by atoms with E-state index in [1.165, 1.54) is 19.3 Å². The van der Waals surface area contributed by atoms with Crippen LogP contribution in [0.1, 0.15) is 43.7 Å². The minimum absolute atomic E-state index is 0.181. The molecule has 0 amide bonds. The van der Waals surface area contributed by atoms with Gasteiger partial charge in [0, 0.05) is 39.8 Å². The molecule has 0 bridgehead atoms. The highest BCUT2D eigenvalue weighted by molar-refractivity contribution is 5.73. The predicted molar refractivity (Wildman–Crippen MR) is 122 cm³/mol. The van der Waals surface area contributed by atoms with Crippen molar-refractivity contribution in [2.45, 2.75) is 57.6 Å². The highest BCUT2D eigenvalue weighted by atomic mass is 19.4. The number of morpholine rings is 1. The molecule has 1 saturated carbocycles. The number of aromatic nitrogens is 7. The molecule has 2 unspecified atom stereocenters. The molecule has 2 atom stereocenters. The van der Waals surface area contributed by atoms with E-state index in [2.05, 4.69) is 36.1 Å². The Labute approximate surface area is 212 Å². The number of nitrogens with zero attached hydrogens (tertiary/aromatic N) is 8. The van der Waals surface area contributed by atoms with Gasteiger partial charge in [0.2, 0.25) is 0 Å². The van der Waals surface area contributed by atoms with Crippen molar-refractivity contribution in [3.05, 3.63) is 17.7 Å². The zero-order chi connectivity index (χ0) is 26.8. The van der Waals surface area contributed by atoms with Gasteiger partial charge in [0.25, 0.3) is 0 Å². The topological polar surface area (TPSA) is 145 Å². The summed E-state index contributed by atoms with van der Waals surface area (Å²) in [7, 11) is 1.79. The first-order chi connectivity index (χ1) is 17.7. The molecule has 13 nitrogen and oxygen atoms in total. The number of methoxy groups -OCH3 is 1. The number of ether oxygens (including phenoxy) is 2. The normalized spacial score (nSPS) is 18.5. The first-order valence-electron chi connectivity index (χ1n) is 12.2. The molecule has 208 valence electrons. The maximum Gasteiger partial charge on any atom is 0.490 e. The average molecular weight is 534 g/mol. The van der Waals surface area contributed by atoms with E-state index >= 15 is 0 Å². The van der Waals surface area contributed by atoms with Gasteiger partial charge in [0.05, 0.1) is 32.1 Å². The van der Waals surface area contributed by atoms with Crippen LogP contribution in [0, 0.1) is 5.92 Å². The van der Waals surface area contributed by atoms with Crippen LogP contribution in [0.15, 0.2) is 6.20 Å². The molecule has 2 aromatic heterocycles. The Kier molecular flexibility index (Phi) is 10.7. The third-order valence-electron chi connectivity index (χ3n) is 6.47. The summed E-state index contributed by atoms with van der Waals surface area (Å²) in [6.45, 7) is 8.61. The summed E-state index contributed by atoms with van der Waals surface area (Å²) >= 11 is 0. The van der Waals surface area contributed by atoms with Gasteiger partial charge in [-0.15, -0.1) is 10.2 Å². The first-order valence-corrected chi connectivity index (χ1v) is 12.2. The zero-order valence-electron chi connectivity index (χ0n) is 21.0. The molecule has 2 fully saturated rings. The second kappa shape index (κ2) is 13.7. The second-order valence-corrected chi connectivity index (χ2v) is 8.82. The number of aryl methyl sites for hydroxylation is 1. The molecular weight excluding hydrogens is 499 g/mol. The van der Waals surface area contributed by atoms with Gasteiger partial charge in [0.15, 0.2) is 5.82 Å². The van der Waals surface area contributed by atoms with Crippen LogP contribution in [-0.4, -0.2) is 110 Å². The van der Waals surface area contributed by atoms with Crippen LogP contribution in [0.2, 0.25) is 0 Å². The predicted octanol–water partition coefficient (Wildman–Crippen LogP) is 0.744. The van der Waals surface area contributed by atoms with E-state index in [1.807, 2.05) is 22.5 Å². The fourth-order valence-corrected chi connectivity index (χ4v) is 4.05. The summed E-state index contributed by atoms with van der Waals surface area (Å²) in [6.07, 6.45) is 0.810. The molecule has 0 aromatic carbocycles. The molecule has 16 heteroatoms. The number of hydrogen-bond acceptors (Lipinski definition) is 10. The summed E-state index contributed by atoms with van der Waals surface area (Å²) in [5.74, 6) is -1.38. The van der Waals surface area contributed by atoms with E-state index in [1.54, 1.807) is 7.11 Å². The SMILES string of the molecule is CCn1cc(C(NCC(OC)C2CCC2)c2nnnn2CCN2CCOCC2)nn1.O=C(O)C(F)(F)F. The Morgan fingerprint density at radius 2 is 1.95 bits per heavy atom. The fourth-order valence-electron chi connectivity index (χ4n) is 4.05. The molecule has 1 aliphatic heterocycles. The van der Waals surface area contributed by atoms with Gasteiger partial charge in [-0.3, -0.25) is 14.9 Å². The number of nitrogens with one attached hydrogen (secondary N) is 1. The lowest BCUT2D eigenvalue weighted by molar-refractivity contribution is -0.192. The molecule has 37 heavy (non-hydrogen) atoms. The van der Waals surface area contributed by atoms with Gasteiger partial charge < -0.3 is 14.6 Å². The van der Waals surface area contributed by atoms with Crippen LogP contribution < -0.4 is 5.32 Å². The smallest absolute Gasteiger partial charge is 0.475 e. The molecule has 1 aliphatic carbocycles. The summed E-state index contributed by atoms with van der Waals surface area (Å²) in [6, 6.07) is -0.234. The number of alkyl halides is 3. The fraction of sp³-hybridized carbons (Fsp3) is 0.810. The summed E-state index contributed by atoms with van der Waals surface area (Å²) in [4.78, 5) is 11.3. The zero-order valence-corrected chi connectivity index (χ0v) is 21.0. The number of tetrazole rings is 1. The molecule has 2 aliphatic rings. The van der Waals surface area contributed by atoms with Crippen molar-refractivity contribution in [3.8, 4) is 0 Å². The van der Waals surface area contributed by atoms with Gasteiger partial charge in [-0.2, -0.15) is 13.2 Å². The lowest BCUT2D eigenvalue weighted by atomic mass is 9.81. The summed E-state index contributed by atoms with van der Waals surface area (Å²) in [5, 5.41) is 31.9. The van der Waals surface area contributed by atoms with Crippen LogP contribution in [0.5, 0.6) is 0 Å². The maximum absolute atomic E-state index is 10.6. The quantitative estimate of drug-likeness (QED) is 0.422. The lowest BCUT2D eigenvalue weighted by Gasteiger charge is -2.33. The van der Waals surface area contributed by atoms with Crippen molar-refractivity contribution in [1.29, 1.82) is 0 Å². The third kappa shape index (κ3) is 8.41. The number of rotatable bonds is 11. The van der Waals surface area contributed by atoms with Crippen molar-refractivity contribution in [1.82, 2.24) is 45.4 Å². The van der Waals surface area contributed by atoms with E-state index < -0.39 is 12.1 Å². The standard InChI is InChI=1S/C19H33N9O2.C2HF3O2/c1-3-27-14-16(21-24-27)18(20-13-17(29-2)15-5-4-6-15)19-22-23-25-28(19)8-7-26-9-11-30-12-10-26;3-2(4,5)1(6)7/h14-15,17-18,20H,3-13H2,1-2H3;(H,6,7). The first kappa shape index (κ1) is 28.9. The van der Waals surface area contributed by atoms with Gasteiger partial charge in [-0.05, 0) is 36.1 Å². The van der Waals surface area contributed by atoms with Crippen molar-refractivity contribution in [3.63, 3.8) is 0 Å². The van der Waals surface area contributed by atoms with Crippen LogP contribution in [0.25, 0.3) is 0 Å². The minimum atomic E-state index is -5.08. The molecule has 1 saturated heterocycles. The van der Waals surface area contributed by atoms with Crippen LogP contribution >= 0.6 is 0 Å². The van der Waals surface area contributed by atoms with Gasteiger partial charge in [-0.25, -0.2) is 9.48 Å². The number of carboxylic acids is 1. The monoisotopic (exact) mass is 533 g/mol. The number of hydrogen-bond donors (Lipinski definition) is 2. The Morgan fingerprint density at radius 3 is 2.49 bits per heavy atom. The third-order valence-corrected chi connectivity index (χ3v) is 6.47. The summed E-state index contributed by atoms with van der Waals surface area (Å²) in [5.41, 5.74) is 0.822. The van der Waals surface area contributed by atoms with Crippen molar-refractivity contribution < 1.29 is 32.5 Å². The van der Waals surface area contributed by atoms with E-state index in [-0.39, 0.29) is 12.1 Å². The van der Waals surface area contributed by atoms with E-state index in [9.17, 15) is 13.2 Å². The van der Waals surface area contributed by atoms with Crippen LogP contribution in [0.3, 0.4) is 0 Å². The highest BCUT2D eigenvalue weighted by Gasteiger charge is 2.38. The molecule has 2 aromatic rings. The minimum Gasteiger partial charge on any atom is -0.475 e. The Hall–Kier alpha value is -2.69. The van der Waals surface area contributed by atoms with E-state index in [4.69, 9.17) is 19.4 Å². The van der Waals surface area contributed by atoms with Crippen molar-refractivity contribution in [2.75, 3.05) is 46.5 Å². The molecular formula is C21H34F3N9O4. The molecule has 3 heterocycles. The number of carbonyl (C=O) groups is 1. The largest absolute Gasteiger partial charge is 0.490 e. The number of aliphatic carboxylic acids is 1. The van der Waals surface area contributed by atoms with Gasteiger partial charge >= 0.3 is 12.1 Å². The van der Waals surface area contributed by atoms with Crippen LogP contribution in [-0.2, 0) is 27.4 Å². The maximum atomic E-state index is 10.6. The van der Waals surface area contributed by atoms with E-state index in [0.29, 0.717) is 5.92 Å². The Morgan fingerprint density at radius 1 is 1.24 bits per heavy atom. The second-order valence-electron chi connectivity index (χ2n) is 8.82. The Bertz CT molecular complexity index is 961. The average Bonchev–Trinajstić information content (AvgIpc) is 3.51. The van der Waals surface area contributed by atoms with Crippen molar-refractivity contribution in [2.24, 2.45) is 5.92 Å².